The molecule has 0 bridgehead atoms. The minimum atomic E-state index is 0.859. The predicted molar refractivity (Wildman–Crippen MR) is 51.6 cm³/mol. The molecule has 1 aromatic rings. The van der Waals surface area contributed by atoms with Crippen molar-refractivity contribution >= 4 is 17.4 Å². The molecule has 0 unspecified atom stereocenters. The summed E-state index contributed by atoms with van der Waals surface area (Å²) in [5.74, 6) is 0. The maximum Gasteiger partial charge on any atom is 0.0485 e. The Morgan fingerprint density at radius 1 is 1.55 bits per heavy atom. The summed E-state index contributed by atoms with van der Waals surface area (Å²) in [6, 6.07) is 5.99. The van der Waals surface area contributed by atoms with Crippen molar-refractivity contribution in [3.8, 4) is 0 Å². The zero-order valence-corrected chi connectivity index (χ0v) is 7.32. The second-order valence-electron chi connectivity index (χ2n) is 2.27. The van der Waals surface area contributed by atoms with Crippen LogP contribution in [0.3, 0.4) is 0 Å². The molecule has 2 N–H and O–H groups in total. The van der Waals surface area contributed by atoms with Crippen LogP contribution in [0, 0.1) is 6.92 Å². The van der Waals surface area contributed by atoms with E-state index in [-0.39, 0.29) is 0 Å². The first-order valence-electron chi connectivity index (χ1n) is 3.38. The number of hydrogen-bond acceptors (Lipinski definition) is 2. The lowest BCUT2D eigenvalue weighted by Crippen LogP contribution is -1.90. The van der Waals surface area contributed by atoms with E-state index < -0.39 is 0 Å². The monoisotopic (exact) mass is 165 g/mol. The van der Waals surface area contributed by atoms with Crippen molar-refractivity contribution in [1.29, 1.82) is 0 Å². The SMILES string of the molecule is C=CSc1cccc(C)c1N. The normalized spacial score (nSPS) is 9.55. The molecule has 0 saturated heterocycles. The number of rotatable bonds is 2. The smallest absolute Gasteiger partial charge is 0.0485 e. The van der Waals surface area contributed by atoms with Crippen LogP contribution in [0.5, 0.6) is 0 Å². The van der Waals surface area contributed by atoms with Gasteiger partial charge in [-0.15, -0.1) is 0 Å². The fourth-order valence-corrected chi connectivity index (χ4v) is 1.47. The van der Waals surface area contributed by atoms with Gasteiger partial charge in [0.05, 0.1) is 0 Å². The van der Waals surface area contributed by atoms with Crippen LogP contribution in [-0.2, 0) is 0 Å². The van der Waals surface area contributed by atoms with Crippen LogP contribution < -0.4 is 5.73 Å². The van der Waals surface area contributed by atoms with Crippen LogP contribution in [0.2, 0.25) is 0 Å². The van der Waals surface area contributed by atoms with Gasteiger partial charge in [0.15, 0.2) is 0 Å². The Balaban J connectivity index is 3.05. The molecular weight excluding hydrogens is 154 g/mol. The molecule has 2 heteroatoms. The van der Waals surface area contributed by atoms with Gasteiger partial charge in [0, 0.05) is 10.6 Å². The van der Waals surface area contributed by atoms with Gasteiger partial charge in [0.25, 0.3) is 0 Å². The molecule has 11 heavy (non-hydrogen) atoms. The summed E-state index contributed by atoms with van der Waals surface area (Å²) < 4.78 is 0. The molecule has 0 radical (unpaired) electrons. The third-order valence-corrected chi connectivity index (χ3v) is 2.27. The first-order chi connectivity index (χ1) is 5.25. The van der Waals surface area contributed by atoms with Gasteiger partial charge in [-0.2, -0.15) is 0 Å². The summed E-state index contributed by atoms with van der Waals surface area (Å²) in [6.07, 6.45) is 0. The van der Waals surface area contributed by atoms with Crippen LogP contribution >= 0.6 is 11.8 Å². The summed E-state index contributed by atoms with van der Waals surface area (Å²) in [4.78, 5) is 1.08. The third kappa shape index (κ3) is 1.77. The van der Waals surface area contributed by atoms with Crippen molar-refractivity contribution in [2.24, 2.45) is 0 Å². The second kappa shape index (κ2) is 3.49. The molecule has 0 aliphatic rings. The van der Waals surface area contributed by atoms with Gasteiger partial charge in [-0.05, 0) is 24.0 Å². The molecule has 0 atom stereocenters. The van der Waals surface area contributed by atoms with E-state index in [2.05, 4.69) is 6.58 Å². The molecule has 0 fully saturated rings. The summed E-state index contributed by atoms with van der Waals surface area (Å²) >= 11 is 1.55. The lowest BCUT2D eigenvalue weighted by molar-refractivity contribution is 1.37. The summed E-state index contributed by atoms with van der Waals surface area (Å²) in [7, 11) is 0. The Morgan fingerprint density at radius 3 is 2.91 bits per heavy atom. The number of para-hydroxylation sites is 1. The van der Waals surface area contributed by atoms with Crippen LogP contribution in [-0.4, -0.2) is 0 Å². The number of benzene rings is 1. The van der Waals surface area contributed by atoms with Crippen LogP contribution in [0.1, 0.15) is 5.56 Å². The number of aryl methyl sites for hydroxylation is 1. The minimum Gasteiger partial charge on any atom is -0.398 e. The lowest BCUT2D eigenvalue weighted by Gasteiger charge is -2.03. The van der Waals surface area contributed by atoms with Gasteiger partial charge in [-0.3, -0.25) is 0 Å². The number of nitrogens with two attached hydrogens (primary N) is 1. The van der Waals surface area contributed by atoms with Gasteiger partial charge in [-0.25, -0.2) is 0 Å². The van der Waals surface area contributed by atoms with Gasteiger partial charge < -0.3 is 5.73 Å². The fraction of sp³-hybridized carbons (Fsp3) is 0.111. The van der Waals surface area contributed by atoms with Crippen molar-refractivity contribution in [1.82, 2.24) is 0 Å². The molecule has 1 aromatic carbocycles. The molecule has 58 valence electrons. The minimum absolute atomic E-state index is 0.859. The van der Waals surface area contributed by atoms with E-state index in [0.717, 1.165) is 16.1 Å². The Bertz CT molecular complexity index is 268. The lowest BCUT2D eigenvalue weighted by atomic mass is 10.2. The van der Waals surface area contributed by atoms with Crippen molar-refractivity contribution in [3.05, 3.63) is 35.7 Å². The molecular formula is C9H11NS. The van der Waals surface area contributed by atoms with Gasteiger partial charge in [0.2, 0.25) is 0 Å². The van der Waals surface area contributed by atoms with E-state index in [1.807, 2.05) is 25.1 Å². The van der Waals surface area contributed by atoms with Crippen molar-refractivity contribution in [2.75, 3.05) is 5.73 Å². The highest BCUT2D eigenvalue weighted by Crippen LogP contribution is 2.27. The molecule has 0 spiro atoms. The van der Waals surface area contributed by atoms with Crippen molar-refractivity contribution in [3.63, 3.8) is 0 Å². The first kappa shape index (κ1) is 8.21. The Labute approximate surface area is 71.3 Å². The van der Waals surface area contributed by atoms with Crippen LogP contribution in [0.25, 0.3) is 0 Å². The molecule has 0 aliphatic carbocycles. The van der Waals surface area contributed by atoms with E-state index in [9.17, 15) is 0 Å². The Hall–Kier alpha value is -0.890. The Morgan fingerprint density at radius 2 is 2.27 bits per heavy atom. The maximum atomic E-state index is 5.80. The maximum absolute atomic E-state index is 5.80. The third-order valence-electron chi connectivity index (χ3n) is 1.49. The second-order valence-corrected chi connectivity index (χ2v) is 3.28. The zero-order chi connectivity index (χ0) is 8.27. The molecule has 0 saturated carbocycles. The average Bonchev–Trinajstić information content (AvgIpc) is 1.99. The highest BCUT2D eigenvalue weighted by atomic mass is 32.2. The molecule has 1 nitrogen and oxygen atoms in total. The fourth-order valence-electron chi connectivity index (χ4n) is 0.846. The van der Waals surface area contributed by atoms with Crippen molar-refractivity contribution < 1.29 is 0 Å². The summed E-state index contributed by atoms with van der Waals surface area (Å²) in [5.41, 5.74) is 7.78. The molecule has 1 rings (SSSR count). The van der Waals surface area contributed by atoms with E-state index in [4.69, 9.17) is 5.73 Å². The van der Waals surface area contributed by atoms with Gasteiger partial charge >= 0.3 is 0 Å². The zero-order valence-electron chi connectivity index (χ0n) is 6.50. The largest absolute Gasteiger partial charge is 0.398 e. The number of nitrogen functional groups attached to an aromatic ring is 1. The van der Waals surface area contributed by atoms with Crippen LogP contribution in [0.4, 0.5) is 5.69 Å². The van der Waals surface area contributed by atoms with Gasteiger partial charge in [-0.1, -0.05) is 30.5 Å². The molecule has 0 heterocycles. The molecule has 0 aliphatic heterocycles. The van der Waals surface area contributed by atoms with E-state index in [0.29, 0.717) is 0 Å². The molecule has 0 amide bonds. The number of hydrogen-bond donors (Lipinski definition) is 1. The van der Waals surface area contributed by atoms with Crippen molar-refractivity contribution in [2.45, 2.75) is 11.8 Å². The van der Waals surface area contributed by atoms with E-state index >= 15 is 0 Å². The summed E-state index contributed by atoms with van der Waals surface area (Å²) in [5, 5.41) is 1.78. The number of anilines is 1. The standard InChI is InChI=1S/C9H11NS/c1-3-11-8-6-4-5-7(2)9(8)10/h3-6H,1,10H2,2H3. The van der Waals surface area contributed by atoms with E-state index in [1.165, 1.54) is 0 Å². The quantitative estimate of drug-likeness (QED) is 0.538. The summed E-state index contributed by atoms with van der Waals surface area (Å²) in [6.45, 7) is 5.64. The molecule has 0 aromatic heterocycles. The predicted octanol–water partition coefficient (Wildman–Crippen LogP) is 2.81. The van der Waals surface area contributed by atoms with Gasteiger partial charge in [0.1, 0.15) is 0 Å². The van der Waals surface area contributed by atoms with E-state index in [1.54, 1.807) is 17.2 Å². The average molecular weight is 165 g/mol. The topological polar surface area (TPSA) is 26.0 Å². The highest BCUT2D eigenvalue weighted by Gasteiger charge is 1.98. The van der Waals surface area contributed by atoms with Crippen LogP contribution in [0.15, 0.2) is 35.1 Å². The first-order valence-corrected chi connectivity index (χ1v) is 4.26. The number of thioether (sulfide) groups is 1. The highest BCUT2D eigenvalue weighted by molar-refractivity contribution is 8.02. The Kier molecular flexibility index (Phi) is 2.60.